The Hall–Kier alpha value is -3.03. The molecule has 0 spiro atoms. The van der Waals surface area contributed by atoms with Gasteiger partial charge in [0.25, 0.3) is 11.8 Å². The summed E-state index contributed by atoms with van der Waals surface area (Å²) in [7, 11) is 0.365. The van der Waals surface area contributed by atoms with Crippen LogP contribution in [0.2, 0.25) is 30.7 Å². The molecule has 2 aliphatic rings. The molecule has 9 nitrogen and oxygen atoms in total. The third kappa shape index (κ3) is 7.20. The molecule has 1 unspecified atom stereocenters. The van der Waals surface area contributed by atoms with Gasteiger partial charge < -0.3 is 23.8 Å². The second-order valence-electron chi connectivity index (χ2n) is 14.3. The molecule has 2 amide bonds. The predicted molar refractivity (Wildman–Crippen MR) is 168 cm³/mol. The fourth-order valence-electron chi connectivity index (χ4n) is 5.89. The van der Waals surface area contributed by atoms with Gasteiger partial charge in [-0.2, -0.15) is 5.10 Å². The summed E-state index contributed by atoms with van der Waals surface area (Å²) >= 11 is 6.71. The van der Waals surface area contributed by atoms with Crippen molar-refractivity contribution in [1.82, 2.24) is 24.1 Å². The normalized spacial score (nSPS) is 18.5. The predicted octanol–water partition coefficient (Wildman–Crippen LogP) is 7.00. The fraction of sp³-hybridized carbons (Fsp3) is 0.581. The Morgan fingerprint density at radius 3 is 2.51 bits per heavy atom. The Morgan fingerprint density at radius 2 is 1.87 bits per heavy atom. The number of halogens is 4. The van der Waals surface area contributed by atoms with Crippen LogP contribution in [0.4, 0.5) is 18.0 Å². The number of ether oxygens (including phenoxy) is 2. The highest BCUT2D eigenvalue weighted by atomic mass is 35.5. The molecule has 0 bridgehead atoms. The Bertz CT molecular complexity index is 1630. The van der Waals surface area contributed by atoms with Gasteiger partial charge in [-0.1, -0.05) is 31.2 Å². The summed E-state index contributed by atoms with van der Waals surface area (Å²) in [5.41, 5.74) is 1.08. The summed E-state index contributed by atoms with van der Waals surface area (Å²) in [4.78, 5) is 29.3. The van der Waals surface area contributed by atoms with Crippen molar-refractivity contribution in [3.05, 3.63) is 51.7 Å². The van der Waals surface area contributed by atoms with Gasteiger partial charge in [0.05, 0.1) is 35.5 Å². The molecular formula is C31H41ClF3N5O4Si. The summed E-state index contributed by atoms with van der Waals surface area (Å²) < 4.78 is 61.3. The number of carbonyl (C=O) groups is 2. The molecule has 45 heavy (non-hydrogen) atoms. The first-order valence-electron chi connectivity index (χ1n) is 15.1. The number of fused-ring (bicyclic) bond motifs is 2. The average Bonchev–Trinajstić information content (AvgIpc) is 3.60. The van der Waals surface area contributed by atoms with Gasteiger partial charge in [0.2, 0.25) is 0 Å². The molecule has 1 aromatic carbocycles. The van der Waals surface area contributed by atoms with E-state index in [0.29, 0.717) is 19.7 Å². The van der Waals surface area contributed by atoms with Gasteiger partial charge in [0, 0.05) is 58.1 Å². The summed E-state index contributed by atoms with van der Waals surface area (Å²) in [6, 6.07) is 3.73. The van der Waals surface area contributed by atoms with E-state index in [1.165, 1.54) is 10.6 Å². The number of hydrogen-bond donors (Lipinski definition) is 0. The maximum absolute atomic E-state index is 16.7. The van der Waals surface area contributed by atoms with Gasteiger partial charge in [-0.15, -0.1) is 0 Å². The van der Waals surface area contributed by atoms with Gasteiger partial charge in [-0.05, 0) is 44.5 Å². The van der Waals surface area contributed by atoms with Crippen LogP contribution in [0.15, 0.2) is 18.3 Å². The molecule has 2 aromatic heterocycles. The number of rotatable bonds is 7. The molecule has 0 aliphatic carbocycles. The van der Waals surface area contributed by atoms with Crippen molar-refractivity contribution in [2.75, 3.05) is 19.7 Å². The van der Waals surface area contributed by atoms with Crippen molar-refractivity contribution in [2.24, 2.45) is 7.05 Å². The minimum Gasteiger partial charge on any atom is -0.444 e. The van der Waals surface area contributed by atoms with Gasteiger partial charge in [0.1, 0.15) is 18.0 Å². The van der Waals surface area contributed by atoms with Crippen molar-refractivity contribution in [3.63, 3.8) is 0 Å². The monoisotopic (exact) mass is 667 g/mol. The number of alkyl halides is 2. The minimum atomic E-state index is -3.28. The lowest BCUT2D eigenvalue weighted by Crippen LogP contribution is -2.50. The molecule has 2 aliphatic heterocycles. The highest BCUT2D eigenvalue weighted by Crippen LogP contribution is 2.42. The summed E-state index contributed by atoms with van der Waals surface area (Å²) in [6.45, 7) is 11.5. The van der Waals surface area contributed by atoms with E-state index >= 15 is 13.2 Å². The largest absolute Gasteiger partial charge is 0.444 e. The third-order valence-electron chi connectivity index (χ3n) is 8.17. The number of aryl methyl sites for hydroxylation is 1. The summed E-state index contributed by atoms with van der Waals surface area (Å²) in [5.74, 6) is -5.47. The maximum atomic E-state index is 16.7. The molecule has 5 rings (SSSR count). The van der Waals surface area contributed by atoms with E-state index in [9.17, 15) is 9.59 Å². The Kier molecular flexibility index (Phi) is 8.86. The van der Waals surface area contributed by atoms with E-state index in [-0.39, 0.29) is 46.4 Å². The highest BCUT2D eigenvalue weighted by Gasteiger charge is 2.45. The SMILES string of the molecule is Cn1ncc2c1CN(C(=O)c1cc3c(Cl)cc(C4CN(C(=O)OC(C)(C)C)CC(F)(F)C4)c(F)c3n1COCC[Si](C)(C)C)C2. The molecule has 14 heteroatoms. The van der Waals surface area contributed by atoms with Crippen molar-refractivity contribution >= 4 is 42.6 Å². The van der Waals surface area contributed by atoms with Crippen LogP contribution in [0, 0.1) is 5.82 Å². The van der Waals surface area contributed by atoms with Crippen LogP contribution in [0.25, 0.3) is 10.9 Å². The highest BCUT2D eigenvalue weighted by molar-refractivity contribution is 6.76. The van der Waals surface area contributed by atoms with E-state index in [1.807, 2.05) is 7.05 Å². The second kappa shape index (κ2) is 12.0. The summed E-state index contributed by atoms with van der Waals surface area (Å²) in [6.07, 6.45) is 0.152. The van der Waals surface area contributed by atoms with E-state index in [0.717, 1.165) is 22.2 Å². The molecule has 1 atom stereocenters. The number of hydrogen-bond acceptors (Lipinski definition) is 5. The first kappa shape index (κ1) is 33.3. The molecule has 3 aromatic rings. The fourth-order valence-corrected chi connectivity index (χ4v) is 6.91. The number of piperidine rings is 1. The quantitative estimate of drug-likeness (QED) is 0.200. The zero-order valence-electron chi connectivity index (χ0n) is 26.8. The van der Waals surface area contributed by atoms with Crippen molar-refractivity contribution < 1.29 is 32.2 Å². The van der Waals surface area contributed by atoms with Crippen LogP contribution < -0.4 is 0 Å². The molecule has 0 saturated carbocycles. The van der Waals surface area contributed by atoms with E-state index in [4.69, 9.17) is 21.1 Å². The lowest BCUT2D eigenvalue weighted by Gasteiger charge is -2.38. The number of nitrogens with zero attached hydrogens (tertiary/aromatic N) is 5. The number of carbonyl (C=O) groups excluding carboxylic acids is 2. The van der Waals surface area contributed by atoms with Crippen LogP contribution >= 0.6 is 11.6 Å². The van der Waals surface area contributed by atoms with E-state index in [2.05, 4.69) is 24.7 Å². The number of amides is 2. The average molecular weight is 668 g/mol. The minimum absolute atomic E-state index is 0.00457. The molecular weight excluding hydrogens is 627 g/mol. The molecule has 0 radical (unpaired) electrons. The molecule has 0 N–H and O–H groups in total. The topological polar surface area (TPSA) is 81.8 Å². The first-order chi connectivity index (χ1) is 20.8. The standard InChI is InChI=1S/C31H41ClF3N5O4Si/c1-30(2,3)44-29(42)39-14-19(12-31(34,35)17-39)21-10-23(32)22-11-24(28(41)38-15-20-13-36-37(4)25(20)16-38)40(27(22)26(21)33)18-43-8-9-45(5,6)7/h10-11,13,19H,8-9,12,14-18H2,1-7H3. The molecule has 246 valence electrons. The second-order valence-corrected chi connectivity index (χ2v) is 20.4. The zero-order chi connectivity index (χ0) is 33.1. The van der Waals surface area contributed by atoms with Crippen LogP contribution in [0.1, 0.15) is 60.4 Å². The first-order valence-corrected chi connectivity index (χ1v) is 19.2. The Balaban J connectivity index is 1.54. The van der Waals surface area contributed by atoms with Crippen molar-refractivity contribution in [2.45, 2.75) is 90.1 Å². The third-order valence-corrected chi connectivity index (χ3v) is 10.2. The lowest BCUT2D eigenvalue weighted by atomic mass is 9.88. The van der Waals surface area contributed by atoms with E-state index in [1.54, 1.807) is 42.6 Å². The molecule has 1 fully saturated rings. The number of likely N-dealkylation sites (tertiary alicyclic amines) is 1. The van der Waals surface area contributed by atoms with Gasteiger partial charge in [-0.25, -0.2) is 18.0 Å². The van der Waals surface area contributed by atoms with Crippen LogP contribution in [0.5, 0.6) is 0 Å². The van der Waals surface area contributed by atoms with Gasteiger partial charge >= 0.3 is 6.09 Å². The van der Waals surface area contributed by atoms with Gasteiger partial charge in [0.15, 0.2) is 5.82 Å². The number of aromatic nitrogens is 3. The molecule has 4 heterocycles. The Morgan fingerprint density at radius 1 is 1.16 bits per heavy atom. The summed E-state index contributed by atoms with van der Waals surface area (Å²) in [5, 5.41) is 4.64. The van der Waals surface area contributed by atoms with Crippen LogP contribution in [-0.4, -0.2) is 75.4 Å². The smallest absolute Gasteiger partial charge is 0.410 e. The van der Waals surface area contributed by atoms with Crippen LogP contribution in [0.3, 0.4) is 0 Å². The van der Waals surface area contributed by atoms with Crippen LogP contribution in [-0.2, 0) is 36.3 Å². The zero-order valence-corrected chi connectivity index (χ0v) is 28.6. The van der Waals surface area contributed by atoms with Crippen molar-refractivity contribution in [1.29, 1.82) is 0 Å². The van der Waals surface area contributed by atoms with E-state index < -0.39 is 50.4 Å². The maximum Gasteiger partial charge on any atom is 0.410 e. The Labute approximate surface area is 267 Å². The number of benzene rings is 1. The molecule has 1 saturated heterocycles. The lowest BCUT2D eigenvalue weighted by molar-refractivity contribution is -0.0758. The van der Waals surface area contributed by atoms with Crippen molar-refractivity contribution in [3.8, 4) is 0 Å². The van der Waals surface area contributed by atoms with Gasteiger partial charge in [-0.3, -0.25) is 9.48 Å².